The summed E-state index contributed by atoms with van der Waals surface area (Å²) < 4.78 is 0. The van der Waals surface area contributed by atoms with Gasteiger partial charge in [-0.05, 0) is 32.9 Å². The molecule has 0 saturated carbocycles. The van der Waals surface area contributed by atoms with Crippen molar-refractivity contribution in [2.45, 2.75) is 33.6 Å². The highest BCUT2D eigenvalue weighted by Gasteiger charge is 2.00. The Labute approximate surface area is 83.2 Å². The lowest BCUT2D eigenvalue weighted by Crippen LogP contribution is -2.26. The third kappa shape index (κ3) is 8.09. The Hall–Kier alpha value is -0.0100. The predicted molar refractivity (Wildman–Crippen MR) is 59.1 cm³/mol. The maximum Gasteiger partial charge on any atom is 0.0187 e. The molecule has 0 rings (SSSR count). The molecule has 0 unspecified atom stereocenters. The van der Waals surface area contributed by atoms with Crippen molar-refractivity contribution in [2.75, 3.05) is 19.6 Å². The highest BCUT2D eigenvalue weighted by atomic mass is 35.5. The maximum atomic E-state index is 3.92. The summed E-state index contributed by atoms with van der Waals surface area (Å²) in [5, 5.41) is 0. The van der Waals surface area contributed by atoms with E-state index in [1.165, 1.54) is 31.5 Å². The van der Waals surface area contributed by atoms with Gasteiger partial charge in [-0.25, -0.2) is 0 Å². The van der Waals surface area contributed by atoms with Crippen molar-refractivity contribution in [3.8, 4) is 0 Å². The molecule has 0 aromatic rings. The standard InChI is InChI=1S/C10H21N.ClH/c1-5-7-11(8-6-2)9-10(3)4;/h3,5-9H2,1-2,4H3;1H. The van der Waals surface area contributed by atoms with Crippen molar-refractivity contribution in [3.05, 3.63) is 12.2 Å². The topological polar surface area (TPSA) is 3.24 Å². The summed E-state index contributed by atoms with van der Waals surface area (Å²) in [6.07, 6.45) is 2.49. The first-order chi connectivity index (χ1) is 5.20. The Bertz CT molecular complexity index is 106. The zero-order valence-corrected chi connectivity index (χ0v) is 9.41. The second-order valence-electron chi connectivity index (χ2n) is 3.23. The van der Waals surface area contributed by atoms with E-state index in [0.717, 1.165) is 6.54 Å². The maximum absolute atomic E-state index is 3.92. The minimum Gasteiger partial charge on any atom is -0.299 e. The van der Waals surface area contributed by atoms with Crippen molar-refractivity contribution in [3.63, 3.8) is 0 Å². The van der Waals surface area contributed by atoms with Crippen molar-refractivity contribution >= 4 is 12.4 Å². The highest BCUT2D eigenvalue weighted by molar-refractivity contribution is 5.85. The van der Waals surface area contributed by atoms with Gasteiger partial charge in [0.1, 0.15) is 0 Å². The molecule has 2 heteroatoms. The fourth-order valence-corrected chi connectivity index (χ4v) is 1.28. The average Bonchev–Trinajstić information content (AvgIpc) is 1.87. The van der Waals surface area contributed by atoms with Crippen molar-refractivity contribution in [1.82, 2.24) is 4.90 Å². The van der Waals surface area contributed by atoms with Crippen LogP contribution < -0.4 is 0 Å². The van der Waals surface area contributed by atoms with E-state index in [1.54, 1.807) is 0 Å². The molecule has 1 nitrogen and oxygen atoms in total. The van der Waals surface area contributed by atoms with E-state index in [9.17, 15) is 0 Å². The summed E-state index contributed by atoms with van der Waals surface area (Å²) in [6, 6.07) is 0. The van der Waals surface area contributed by atoms with Gasteiger partial charge in [0.2, 0.25) is 0 Å². The summed E-state index contributed by atoms with van der Waals surface area (Å²) in [6.45, 7) is 13.9. The van der Waals surface area contributed by atoms with Crippen molar-refractivity contribution in [2.24, 2.45) is 0 Å². The van der Waals surface area contributed by atoms with Crippen LogP contribution in [0.15, 0.2) is 12.2 Å². The molecule has 0 heterocycles. The Morgan fingerprint density at radius 3 is 1.83 bits per heavy atom. The zero-order chi connectivity index (χ0) is 8.69. The average molecular weight is 192 g/mol. The lowest BCUT2D eigenvalue weighted by atomic mass is 10.3. The van der Waals surface area contributed by atoms with E-state index in [1.807, 2.05) is 0 Å². The molecule has 0 radical (unpaired) electrons. The molecule has 0 aliphatic carbocycles. The van der Waals surface area contributed by atoms with Crippen LogP contribution in [0, 0.1) is 0 Å². The minimum absolute atomic E-state index is 0. The Balaban J connectivity index is 0. The number of hydrogen-bond donors (Lipinski definition) is 0. The van der Waals surface area contributed by atoms with Gasteiger partial charge in [-0.2, -0.15) is 0 Å². The van der Waals surface area contributed by atoms with Crippen LogP contribution in [0.25, 0.3) is 0 Å². The minimum atomic E-state index is 0. The zero-order valence-electron chi connectivity index (χ0n) is 8.60. The second kappa shape index (κ2) is 9.08. The molecule has 0 spiro atoms. The van der Waals surface area contributed by atoms with E-state index in [-0.39, 0.29) is 12.4 Å². The fraction of sp³-hybridized carbons (Fsp3) is 0.800. The largest absolute Gasteiger partial charge is 0.299 e. The van der Waals surface area contributed by atoms with Crippen LogP contribution in [0.4, 0.5) is 0 Å². The van der Waals surface area contributed by atoms with Gasteiger partial charge in [0.15, 0.2) is 0 Å². The highest BCUT2D eigenvalue weighted by Crippen LogP contribution is 1.98. The van der Waals surface area contributed by atoms with Crippen LogP contribution in [-0.2, 0) is 0 Å². The first kappa shape index (κ1) is 14.5. The number of hydrogen-bond acceptors (Lipinski definition) is 1. The number of nitrogens with zero attached hydrogens (tertiary/aromatic N) is 1. The fourth-order valence-electron chi connectivity index (χ4n) is 1.28. The summed E-state index contributed by atoms with van der Waals surface area (Å²) in [7, 11) is 0. The van der Waals surface area contributed by atoms with Gasteiger partial charge in [-0.15, -0.1) is 12.4 Å². The first-order valence-corrected chi connectivity index (χ1v) is 4.57. The summed E-state index contributed by atoms with van der Waals surface area (Å²) in [5.74, 6) is 0. The van der Waals surface area contributed by atoms with E-state index in [2.05, 4.69) is 32.3 Å². The smallest absolute Gasteiger partial charge is 0.0187 e. The molecule has 0 amide bonds. The molecule has 12 heavy (non-hydrogen) atoms. The Kier molecular flexibility index (Phi) is 11.0. The third-order valence-electron chi connectivity index (χ3n) is 1.57. The van der Waals surface area contributed by atoms with E-state index >= 15 is 0 Å². The molecule has 0 aliphatic heterocycles. The van der Waals surface area contributed by atoms with Gasteiger partial charge in [0.05, 0.1) is 0 Å². The lowest BCUT2D eigenvalue weighted by molar-refractivity contribution is 0.297. The SMILES string of the molecule is C=C(C)CN(CCC)CCC.Cl. The molecular formula is C10H22ClN. The molecule has 0 N–H and O–H groups in total. The van der Waals surface area contributed by atoms with Gasteiger partial charge in [-0.1, -0.05) is 26.0 Å². The normalized spacial score (nSPS) is 9.67. The Morgan fingerprint density at radius 2 is 1.58 bits per heavy atom. The van der Waals surface area contributed by atoms with Crippen molar-refractivity contribution < 1.29 is 0 Å². The molecule has 0 aromatic carbocycles. The monoisotopic (exact) mass is 191 g/mol. The van der Waals surface area contributed by atoms with Crippen molar-refractivity contribution in [1.29, 1.82) is 0 Å². The van der Waals surface area contributed by atoms with Crippen LogP contribution in [-0.4, -0.2) is 24.5 Å². The molecule has 0 aliphatic rings. The lowest BCUT2D eigenvalue weighted by Gasteiger charge is -2.20. The van der Waals surface area contributed by atoms with Crippen LogP contribution in [0.5, 0.6) is 0 Å². The van der Waals surface area contributed by atoms with Crippen LogP contribution in [0.3, 0.4) is 0 Å². The molecule has 0 saturated heterocycles. The van der Waals surface area contributed by atoms with Gasteiger partial charge in [0.25, 0.3) is 0 Å². The van der Waals surface area contributed by atoms with E-state index < -0.39 is 0 Å². The number of rotatable bonds is 6. The van der Waals surface area contributed by atoms with Gasteiger partial charge in [0, 0.05) is 6.54 Å². The first-order valence-electron chi connectivity index (χ1n) is 4.57. The Morgan fingerprint density at radius 1 is 1.17 bits per heavy atom. The quantitative estimate of drug-likeness (QED) is 0.584. The van der Waals surface area contributed by atoms with Gasteiger partial charge in [-0.3, -0.25) is 4.90 Å². The molecule has 0 bridgehead atoms. The molecule has 0 fully saturated rings. The molecule has 74 valence electrons. The van der Waals surface area contributed by atoms with Gasteiger partial charge < -0.3 is 0 Å². The van der Waals surface area contributed by atoms with Gasteiger partial charge >= 0.3 is 0 Å². The van der Waals surface area contributed by atoms with E-state index in [4.69, 9.17) is 0 Å². The van der Waals surface area contributed by atoms with Crippen LogP contribution in [0.2, 0.25) is 0 Å². The van der Waals surface area contributed by atoms with Crippen LogP contribution in [0.1, 0.15) is 33.6 Å². The summed E-state index contributed by atoms with van der Waals surface area (Å²) in [4.78, 5) is 2.46. The summed E-state index contributed by atoms with van der Waals surface area (Å²) >= 11 is 0. The van der Waals surface area contributed by atoms with E-state index in [0.29, 0.717) is 0 Å². The molecule has 0 aromatic heterocycles. The second-order valence-corrected chi connectivity index (χ2v) is 3.23. The molecule has 0 atom stereocenters. The van der Waals surface area contributed by atoms with Crippen LogP contribution >= 0.6 is 12.4 Å². The third-order valence-corrected chi connectivity index (χ3v) is 1.57. The predicted octanol–water partition coefficient (Wildman–Crippen LogP) is 3.11. The molecular weight excluding hydrogens is 170 g/mol. The number of halogens is 1. The summed E-state index contributed by atoms with van der Waals surface area (Å²) in [5.41, 5.74) is 1.27.